The number of aromatic amines is 1. The maximum atomic E-state index is 9.33. The average molecular weight is 314 g/mol. The molecular weight excluding hydrogens is 284 g/mol. The highest BCUT2D eigenvalue weighted by Gasteiger charge is 2.22. The third-order valence-electron chi connectivity index (χ3n) is 5.23. The number of hydrogen-bond acceptors (Lipinski definition) is 2. The monoisotopic (exact) mass is 314 g/mol. The molecule has 3 heteroatoms. The molecule has 0 radical (unpaired) electrons. The Labute approximate surface area is 139 Å². The van der Waals surface area contributed by atoms with Gasteiger partial charge in [-0.2, -0.15) is 0 Å². The van der Waals surface area contributed by atoms with E-state index in [4.69, 9.17) is 0 Å². The molecule has 0 amide bonds. The Balaban J connectivity index is 1.59. The van der Waals surface area contributed by atoms with Gasteiger partial charge in [0.05, 0.1) is 0 Å². The van der Waals surface area contributed by atoms with Gasteiger partial charge in [0.1, 0.15) is 0 Å². The maximum Gasteiger partial charge on any atom is 0.0482 e. The first-order valence-corrected chi connectivity index (χ1v) is 8.93. The number of hydrogen-bond donors (Lipinski definition) is 3. The van der Waals surface area contributed by atoms with Gasteiger partial charge in [-0.15, -0.1) is 0 Å². The van der Waals surface area contributed by atoms with Gasteiger partial charge in [-0.25, -0.2) is 0 Å². The van der Waals surface area contributed by atoms with E-state index in [1.807, 2.05) is 0 Å². The van der Waals surface area contributed by atoms with Crippen molar-refractivity contribution >= 4 is 10.9 Å². The Kier molecular flexibility index (Phi) is 4.79. The summed E-state index contributed by atoms with van der Waals surface area (Å²) in [6, 6.07) is 7.29. The van der Waals surface area contributed by atoms with E-state index in [0.29, 0.717) is 6.04 Å². The predicted octanol–water partition coefficient (Wildman–Crippen LogP) is 3.72. The highest BCUT2D eigenvalue weighted by atomic mass is 16.3. The number of aliphatic hydroxyl groups excluding tert-OH is 1. The predicted molar refractivity (Wildman–Crippen MR) is 97.0 cm³/mol. The van der Waals surface area contributed by atoms with Gasteiger partial charge in [0.2, 0.25) is 0 Å². The second kappa shape index (κ2) is 6.66. The molecule has 1 aliphatic rings. The van der Waals surface area contributed by atoms with E-state index in [2.05, 4.69) is 49.3 Å². The number of H-pyrrole nitrogens is 1. The first kappa shape index (κ1) is 16.5. The molecule has 1 aromatic heterocycles. The van der Waals surface area contributed by atoms with Crippen molar-refractivity contribution in [2.75, 3.05) is 13.2 Å². The van der Waals surface area contributed by atoms with Gasteiger partial charge in [0, 0.05) is 29.2 Å². The Morgan fingerprint density at radius 2 is 2.17 bits per heavy atom. The summed E-state index contributed by atoms with van der Waals surface area (Å²) in [7, 11) is 0. The highest BCUT2D eigenvalue weighted by Crippen LogP contribution is 2.30. The zero-order valence-corrected chi connectivity index (χ0v) is 14.7. The van der Waals surface area contributed by atoms with E-state index in [1.54, 1.807) is 0 Å². The van der Waals surface area contributed by atoms with Crippen LogP contribution in [0.25, 0.3) is 10.9 Å². The van der Waals surface area contributed by atoms with Crippen molar-refractivity contribution in [2.45, 2.75) is 58.9 Å². The number of aromatic nitrogens is 1. The lowest BCUT2D eigenvalue weighted by atomic mass is 9.88. The Hall–Kier alpha value is -1.32. The third-order valence-corrected chi connectivity index (χ3v) is 5.23. The largest absolute Gasteiger partial charge is 0.396 e. The van der Waals surface area contributed by atoms with Crippen LogP contribution >= 0.6 is 0 Å². The van der Waals surface area contributed by atoms with Crippen LogP contribution in [0.2, 0.25) is 0 Å². The van der Waals surface area contributed by atoms with Crippen molar-refractivity contribution in [3.05, 3.63) is 35.0 Å². The number of fused-ring (bicyclic) bond motifs is 3. The van der Waals surface area contributed by atoms with Crippen LogP contribution in [-0.2, 0) is 12.8 Å². The van der Waals surface area contributed by atoms with Crippen LogP contribution in [0.5, 0.6) is 0 Å². The lowest BCUT2D eigenvalue weighted by molar-refractivity contribution is 0.147. The molecule has 23 heavy (non-hydrogen) atoms. The SMILES string of the molecule is Cc1ccc2[nH]c3c(c2c1)CC(NCCCC(C)(C)CO)CC3. The summed E-state index contributed by atoms with van der Waals surface area (Å²) in [4.78, 5) is 3.60. The molecule has 0 aliphatic heterocycles. The fourth-order valence-electron chi connectivity index (χ4n) is 3.66. The molecule has 126 valence electrons. The fourth-order valence-corrected chi connectivity index (χ4v) is 3.66. The summed E-state index contributed by atoms with van der Waals surface area (Å²) in [5.41, 5.74) is 5.62. The quantitative estimate of drug-likeness (QED) is 0.712. The molecule has 1 unspecified atom stereocenters. The maximum absolute atomic E-state index is 9.33. The van der Waals surface area contributed by atoms with Crippen molar-refractivity contribution in [3.63, 3.8) is 0 Å². The molecule has 3 N–H and O–H groups in total. The molecule has 3 rings (SSSR count). The topological polar surface area (TPSA) is 48.0 Å². The molecule has 1 atom stereocenters. The second-order valence-corrected chi connectivity index (χ2v) is 7.95. The van der Waals surface area contributed by atoms with Gasteiger partial charge >= 0.3 is 0 Å². The normalized spacial score (nSPS) is 18.3. The first-order chi connectivity index (χ1) is 11.0. The van der Waals surface area contributed by atoms with Crippen LogP contribution in [0, 0.1) is 12.3 Å². The third kappa shape index (κ3) is 3.78. The smallest absolute Gasteiger partial charge is 0.0482 e. The van der Waals surface area contributed by atoms with Crippen LogP contribution in [0.1, 0.15) is 49.9 Å². The average Bonchev–Trinajstić information content (AvgIpc) is 2.89. The van der Waals surface area contributed by atoms with Gasteiger partial charge in [-0.05, 0) is 68.7 Å². The molecule has 0 fully saturated rings. The molecule has 0 saturated carbocycles. The molecular formula is C20H30N2O. The summed E-state index contributed by atoms with van der Waals surface area (Å²) < 4.78 is 0. The minimum absolute atomic E-state index is 0.0514. The van der Waals surface area contributed by atoms with Crippen LogP contribution < -0.4 is 5.32 Å². The summed E-state index contributed by atoms with van der Waals surface area (Å²) in [5, 5.41) is 14.5. The van der Waals surface area contributed by atoms with Crippen LogP contribution in [-0.4, -0.2) is 29.3 Å². The summed E-state index contributed by atoms with van der Waals surface area (Å²) in [5.74, 6) is 0. The summed E-state index contributed by atoms with van der Waals surface area (Å²) in [6.45, 7) is 7.75. The van der Waals surface area contributed by atoms with Gasteiger partial charge in [0.15, 0.2) is 0 Å². The van der Waals surface area contributed by atoms with Crippen molar-refractivity contribution < 1.29 is 5.11 Å². The summed E-state index contributed by atoms with van der Waals surface area (Å²) >= 11 is 0. The van der Waals surface area contributed by atoms with Crippen molar-refractivity contribution in [1.29, 1.82) is 0 Å². The zero-order chi connectivity index (χ0) is 16.4. The Morgan fingerprint density at radius 3 is 2.96 bits per heavy atom. The molecule has 1 aromatic carbocycles. The number of aryl methyl sites for hydroxylation is 2. The van der Waals surface area contributed by atoms with Crippen molar-refractivity contribution in [2.24, 2.45) is 5.41 Å². The van der Waals surface area contributed by atoms with E-state index < -0.39 is 0 Å². The molecule has 0 saturated heterocycles. The molecule has 0 spiro atoms. The molecule has 1 aliphatic carbocycles. The number of rotatable bonds is 6. The zero-order valence-electron chi connectivity index (χ0n) is 14.7. The first-order valence-electron chi connectivity index (χ1n) is 8.93. The molecule has 1 heterocycles. The molecule has 2 aromatic rings. The highest BCUT2D eigenvalue weighted by molar-refractivity contribution is 5.85. The van der Waals surface area contributed by atoms with Crippen LogP contribution in [0.15, 0.2) is 18.2 Å². The van der Waals surface area contributed by atoms with Gasteiger partial charge in [-0.1, -0.05) is 25.5 Å². The standard InChI is InChI=1S/C20H30N2O/c1-14-5-7-18-16(11-14)17-12-15(6-8-19(17)22-18)21-10-4-9-20(2,3)13-23/h5,7,11,15,21-23H,4,6,8-10,12-13H2,1-3H3. The molecule has 3 nitrogen and oxygen atoms in total. The summed E-state index contributed by atoms with van der Waals surface area (Å²) in [6.07, 6.45) is 5.68. The van der Waals surface area contributed by atoms with Crippen LogP contribution in [0.4, 0.5) is 0 Å². The Bertz CT molecular complexity index is 672. The van der Waals surface area contributed by atoms with E-state index in [9.17, 15) is 5.11 Å². The van der Waals surface area contributed by atoms with E-state index in [-0.39, 0.29) is 12.0 Å². The van der Waals surface area contributed by atoms with Crippen molar-refractivity contribution in [1.82, 2.24) is 10.3 Å². The van der Waals surface area contributed by atoms with Crippen molar-refractivity contribution in [3.8, 4) is 0 Å². The second-order valence-electron chi connectivity index (χ2n) is 7.95. The van der Waals surface area contributed by atoms with E-state index >= 15 is 0 Å². The number of nitrogens with one attached hydrogen (secondary N) is 2. The van der Waals surface area contributed by atoms with Gasteiger partial charge in [0.25, 0.3) is 0 Å². The molecule has 0 bridgehead atoms. The number of aliphatic hydroxyl groups is 1. The minimum atomic E-state index is 0.0514. The van der Waals surface area contributed by atoms with Crippen LogP contribution in [0.3, 0.4) is 0 Å². The van der Waals surface area contributed by atoms with E-state index in [0.717, 1.165) is 32.2 Å². The minimum Gasteiger partial charge on any atom is -0.396 e. The number of benzene rings is 1. The lowest BCUT2D eigenvalue weighted by Crippen LogP contribution is -2.35. The fraction of sp³-hybridized carbons (Fsp3) is 0.600. The van der Waals surface area contributed by atoms with Gasteiger partial charge in [-0.3, -0.25) is 0 Å². The van der Waals surface area contributed by atoms with Gasteiger partial charge < -0.3 is 15.4 Å². The Morgan fingerprint density at radius 1 is 1.35 bits per heavy atom. The lowest BCUT2D eigenvalue weighted by Gasteiger charge is -2.25. The van der Waals surface area contributed by atoms with E-state index in [1.165, 1.54) is 34.1 Å².